The molecular formula is C9H13NO5S2. The van der Waals surface area contributed by atoms with Gasteiger partial charge < -0.3 is 10.2 Å². The predicted octanol–water partition coefficient (Wildman–Crippen LogP) is 0.496. The normalized spacial score (nSPS) is 13.5. The van der Waals surface area contributed by atoms with E-state index >= 15 is 0 Å². The summed E-state index contributed by atoms with van der Waals surface area (Å²) < 4.78 is 25.9. The first kappa shape index (κ1) is 14.1. The Bertz CT molecular complexity index is 493. The Labute approximate surface area is 103 Å². The highest BCUT2D eigenvalue weighted by molar-refractivity contribution is 7.89. The summed E-state index contributed by atoms with van der Waals surface area (Å²) in [6.45, 7) is 1.51. The smallest absolute Gasteiger partial charge is 0.345 e. The van der Waals surface area contributed by atoms with E-state index in [2.05, 4.69) is 4.72 Å². The number of hydrogen-bond acceptors (Lipinski definition) is 5. The highest BCUT2D eigenvalue weighted by Gasteiger charge is 2.20. The van der Waals surface area contributed by atoms with E-state index in [4.69, 9.17) is 10.2 Å². The van der Waals surface area contributed by atoms with Gasteiger partial charge in [0.1, 0.15) is 4.88 Å². The Hall–Kier alpha value is -0.960. The van der Waals surface area contributed by atoms with Crippen LogP contribution in [0.25, 0.3) is 0 Å². The minimum Gasteiger partial charge on any atom is -0.477 e. The molecule has 8 heteroatoms. The van der Waals surface area contributed by atoms with Crippen molar-refractivity contribution in [3.8, 4) is 0 Å². The molecule has 0 radical (unpaired) electrons. The first-order chi connectivity index (χ1) is 7.86. The number of carboxylic acids is 1. The maximum atomic E-state index is 11.8. The van der Waals surface area contributed by atoms with E-state index in [1.54, 1.807) is 6.92 Å². The zero-order chi connectivity index (χ0) is 13.1. The molecule has 0 saturated carbocycles. The van der Waals surface area contributed by atoms with E-state index in [0.29, 0.717) is 6.42 Å². The molecule has 1 aromatic rings. The van der Waals surface area contributed by atoms with Crippen LogP contribution in [0.3, 0.4) is 0 Å². The van der Waals surface area contributed by atoms with Gasteiger partial charge in [0, 0.05) is 18.0 Å². The number of aromatic carboxylic acids is 1. The van der Waals surface area contributed by atoms with Gasteiger partial charge in [-0.3, -0.25) is 0 Å². The second-order valence-electron chi connectivity index (χ2n) is 3.49. The number of sulfonamides is 1. The fourth-order valence-electron chi connectivity index (χ4n) is 1.16. The van der Waals surface area contributed by atoms with Crippen molar-refractivity contribution in [3.05, 3.63) is 16.3 Å². The summed E-state index contributed by atoms with van der Waals surface area (Å²) in [7, 11) is -3.71. The van der Waals surface area contributed by atoms with Crippen LogP contribution in [0.2, 0.25) is 0 Å². The van der Waals surface area contributed by atoms with Crippen molar-refractivity contribution < 1.29 is 23.4 Å². The second-order valence-corrected chi connectivity index (χ2v) is 6.11. The Balaban J connectivity index is 2.86. The number of aliphatic hydroxyl groups is 1. The van der Waals surface area contributed by atoms with Crippen LogP contribution in [0.4, 0.5) is 0 Å². The Morgan fingerprint density at radius 3 is 2.71 bits per heavy atom. The number of nitrogens with one attached hydrogen (secondary N) is 1. The first-order valence-corrected chi connectivity index (χ1v) is 7.18. The lowest BCUT2D eigenvalue weighted by Crippen LogP contribution is -2.33. The minimum atomic E-state index is -3.71. The van der Waals surface area contributed by atoms with Crippen LogP contribution in [0.5, 0.6) is 0 Å². The highest BCUT2D eigenvalue weighted by Crippen LogP contribution is 2.19. The largest absolute Gasteiger partial charge is 0.477 e. The lowest BCUT2D eigenvalue weighted by atomic mass is 10.3. The predicted molar refractivity (Wildman–Crippen MR) is 62.8 cm³/mol. The van der Waals surface area contributed by atoms with Crippen molar-refractivity contribution in [2.75, 3.05) is 6.61 Å². The van der Waals surface area contributed by atoms with Crippen LogP contribution in [-0.4, -0.2) is 37.2 Å². The van der Waals surface area contributed by atoms with Crippen molar-refractivity contribution in [2.45, 2.75) is 24.3 Å². The number of carboxylic acid groups (broad SMARTS) is 1. The van der Waals surface area contributed by atoms with Gasteiger partial charge in [-0.25, -0.2) is 17.9 Å². The van der Waals surface area contributed by atoms with Crippen LogP contribution in [0, 0.1) is 0 Å². The van der Waals surface area contributed by atoms with E-state index in [9.17, 15) is 13.2 Å². The number of carbonyl (C=O) groups is 1. The van der Waals surface area contributed by atoms with Crippen LogP contribution in [0.1, 0.15) is 23.0 Å². The highest BCUT2D eigenvalue weighted by atomic mass is 32.2. The maximum absolute atomic E-state index is 11.8. The molecule has 1 heterocycles. The summed E-state index contributed by atoms with van der Waals surface area (Å²) in [5.41, 5.74) is 0. The van der Waals surface area contributed by atoms with Crippen molar-refractivity contribution >= 4 is 27.3 Å². The standard InChI is InChI=1S/C9H13NO5S2/c1-6(2-3-11)10-17(14,15)7-4-8(9(12)13)16-5-7/h4-6,10-11H,2-3H2,1H3,(H,12,13). The van der Waals surface area contributed by atoms with Crippen molar-refractivity contribution in [1.29, 1.82) is 0 Å². The third-order valence-electron chi connectivity index (χ3n) is 2.01. The first-order valence-electron chi connectivity index (χ1n) is 4.82. The van der Waals surface area contributed by atoms with E-state index in [0.717, 1.165) is 17.4 Å². The molecule has 6 nitrogen and oxygen atoms in total. The van der Waals surface area contributed by atoms with Crippen LogP contribution in [0.15, 0.2) is 16.3 Å². The third kappa shape index (κ3) is 3.77. The molecule has 1 rings (SSSR count). The zero-order valence-corrected chi connectivity index (χ0v) is 10.7. The summed E-state index contributed by atoms with van der Waals surface area (Å²) in [6.07, 6.45) is 0.301. The molecule has 0 bridgehead atoms. The molecule has 0 aliphatic heterocycles. The Morgan fingerprint density at radius 1 is 1.59 bits per heavy atom. The van der Waals surface area contributed by atoms with E-state index in [1.807, 2.05) is 0 Å². The third-order valence-corrected chi connectivity index (χ3v) is 4.65. The molecule has 1 unspecified atom stereocenters. The van der Waals surface area contributed by atoms with Gasteiger partial charge in [0.05, 0.1) is 4.90 Å². The number of thiophene rings is 1. The van der Waals surface area contributed by atoms with Crippen molar-refractivity contribution in [3.63, 3.8) is 0 Å². The van der Waals surface area contributed by atoms with E-state index in [-0.39, 0.29) is 16.4 Å². The molecule has 0 aliphatic rings. The molecule has 1 aromatic heterocycles. The van der Waals surface area contributed by atoms with Gasteiger partial charge in [-0.1, -0.05) is 0 Å². The fraction of sp³-hybridized carbons (Fsp3) is 0.444. The van der Waals surface area contributed by atoms with E-state index in [1.165, 1.54) is 5.38 Å². The molecule has 3 N–H and O–H groups in total. The quantitative estimate of drug-likeness (QED) is 0.703. The second kappa shape index (κ2) is 5.58. The molecule has 0 fully saturated rings. The van der Waals surface area contributed by atoms with Gasteiger partial charge in [0.15, 0.2) is 0 Å². The number of rotatable bonds is 6. The van der Waals surface area contributed by atoms with Gasteiger partial charge in [0.25, 0.3) is 0 Å². The number of hydrogen-bond donors (Lipinski definition) is 3. The zero-order valence-electron chi connectivity index (χ0n) is 9.08. The molecule has 0 saturated heterocycles. The molecule has 0 aliphatic carbocycles. The van der Waals surface area contributed by atoms with Gasteiger partial charge >= 0.3 is 5.97 Å². The van der Waals surface area contributed by atoms with Gasteiger partial charge in [-0.15, -0.1) is 11.3 Å². The van der Waals surface area contributed by atoms with Crippen LogP contribution < -0.4 is 4.72 Å². The SMILES string of the molecule is CC(CCO)NS(=O)(=O)c1csc(C(=O)O)c1. The topological polar surface area (TPSA) is 104 Å². The van der Waals surface area contributed by atoms with Crippen LogP contribution in [-0.2, 0) is 10.0 Å². The molecule has 1 atom stereocenters. The summed E-state index contributed by atoms with van der Waals surface area (Å²) >= 11 is 0.857. The molecule has 17 heavy (non-hydrogen) atoms. The lowest BCUT2D eigenvalue weighted by molar-refractivity contribution is 0.0702. The minimum absolute atomic E-state index is 0.0276. The van der Waals surface area contributed by atoms with Gasteiger partial charge in [0.2, 0.25) is 10.0 Å². The molecule has 96 valence electrons. The summed E-state index contributed by atoms with van der Waals surface area (Å²) in [6, 6.07) is 0.708. The molecular weight excluding hydrogens is 266 g/mol. The van der Waals surface area contributed by atoms with Gasteiger partial charge in [-0.05, 0) is 19.4 Å². The average molecular weight is 279 g/mol. The monoisotopic (exact) mass is 279 g/mol. The fourth-order valence-corrected chi connectivity index (χ4v) is 3.55. The lowest BCUT2D eigenvalue weighted by Gasteiger charge is -2.11. The average Bonchev–Trinajstić information content (AvgIpc) is 2.65. The number of aliphatic hydroxyl groups excluding tert-OH is 1. The Morgan fingerprint density at radius 2 is 2.24 bits per heavy atom. The molecule has 0 aromatic carbocycles. The Kier molecular flexibility index (Phi) is 4.63. The van der Waals surface area contributed by atoms with Gasteiger partial charge in [-0.2, -0.15) is 0 Å². The maximum Gasteiger partial charge on any atom is 0.345 e. The van der Waals surface area contributed by atoms with Crippen molar-refractivity contribution in [1.82, 2.24) is 4.72 Å². The van der Waals surface area contributed by atoms with E-state index < -0.39 is 22.0 Å². The molecule has 0 spiro atoms. The van der Waals surface area contributed by atoms with Crippen LogP contribution >= 0.6 is 11.3 Å². The summed E-state index contributed by atoms with van der Waals surface area (Å²) in [5.74, 6) is -1.15. The van der Waals surface area contributed by atoms with Crippen molar-refractivity contribution in [2.24, 2.45) is 0 Å². The summed E-state index contributed by atoms with van der Waals surface area (Å²) in [5, 5.41) is 18.6. The summed E-state index contributed by atoms with van der Waals surface area (Å²) in [4.78, 5) is 10.5. The molecule has 0 amide bonds.